The van der Waals surface area contributed by atoms with Crippen molar-refractivity contribution in [2.24, 2.45) is 0 Å². The number of pyridine rings is 2. The highest BCUT2D eigenvalue weighted by atomic mass is 35.5. The maximum atomic E-state index is 12.7. The molecule has 0 aliphatic carbocycles. The number of hydrogen-bond donors (Lipinski definition) is 1. The molecule has 1 aromatic carbocycles. The molecule has 4 rings (SSSR count). The van der Waals surface area contributed by atoms with E-state index in [1.54, 1.807) is 18.3 Å². The number of anilines is 1. The second-order valence-corrected chi connectivity index (χ2v) is 8.04. The van der Waals surface area contributed by atoms with E-state index in [0.29, 0.717) is 32.8 Å². The van der Waals surface area contributed by atoms with E-state index in [1.165, 1.54) is 34.2 Å². The van der Waals surface area contributed by atoms with Crippen molar-refractivity contribution in [3.8, 4) is 17.1 Å². The molecular weight excluding hydrogens is 420 g/mol. The van der Waals surface area contributed by atoms with Gasteiger partial charge < -0.3 is 0 Å². The molecule has 3 heterocycles. The Hall–Kier alpha value is -3.29. The van der Waals surface area contributed by atoms with Gasteiger partial charge in [-0.15, -0.1) is 11.3 Å². The van der Waals surface area contributed by atoms with Gasteiger partial charge in [-0.1, -0.05) is 17.7 Å². The average Bonchev–Trinajstić information content (AvgIpc) is 3.19. The van der Waals surface area contributed by atoms with Crippen LogP contribution in [0.3, 0.4) is 0 Å². The Morgan fingerprint density at radius 3 is 2.63 bits per heavy atom. The molecule has 150 valence electrons. The lowest BCUT2D eigenvalue weighted by atomic mass is 10.1. The molecule has 0 saturated carbocycles. The molecule has 0 bridgehead atoms. The predicted octanol–water partition coefficient (Wildman–Crippen LogP) is 4.88. The number of halogens is 1. The summed E-state index contributed by atoms with van der Waals surface area (Å²) >= 11 is 7.16. The highest BCUT2D eigenvalue weighted by molar-refractivity contribution is 7.14. The Kier molecular flexibility index (Phi) is 5.48. The fraction of sp³-hybridized carbons (Fsp3) is 0.0909. The Bertz CT molecular complexity index is 1300. The van der Waals surface area contributed by atoms with Crippen molar-refractivity contribution in [2.45, 2.75) is 13.8 Å². The maximum absolute atomic E-state index is 12.7. The van der Waals surface area contributed by atoms with Crippen LogP contribution >= 0.6 is 22.9 Å². The normalized spacial score (nSPS) is 10.8. The van der Waals surface area contributed by atoms with Crippen LogP contribution in [0.2, 0.25) is 5.02 Å². The highest BCUT2D eigenvalue weighted by Crippen LogP contribution is 2.24. The van der Waals surface area contributed by atoms with Gasteiger partial charge in [0, 0.05) is 29.5 Å². The first kappa shape index (κ1) is 20.0. The van der Waals surface area contributed by atoms with Gasteiger partial charge >= 0.3 is 0 Å². The summed E-state index contributed by atoms with van der Waals surface area (Å²) in [6.45, 7) is 3.99. The summed E-state index contributed by atoms with van der Waals surface area (Å²) in [6, 6.07) is 12.1. The van der Waals surface area contributed by atoms with Crippen molar-refractivity contribution >= 4 is 34.0 Å². The SMILES string of the molecule is Cc1ccc(-n2cc(C(=O)Nc3nc(-c4ccc(Cl)cn4)cs3)ccc2=O)cc1C. The van der Waals surface area contributed by atoms with Crippen molar-refractivity contribution in [3.63, 3.8) is 0 Å². The number of rotatable bonds is 4. The van der Waals surface area contributed by atoms with Gasteiger partial charge in [-0.25, -0.2) is 4.98 Å². The third kappa shape index (κ3) is 4.17. The molecule has 30 heavy (non-hydrogen) atoms. The van der Waals surface area contributed by atoms with Crippen LogP contribution in [0.5, 0.6) is 0 Å². The number of nitrogens with zero attached hydrogens (tertiary/aromatic N) is 3. The first-order chi connectivity index (χ1) is 14.4. The monoisotopic (exact) mass is 436 g/mol. The van der Waals surface area contributed by atoms with Gasteiger partial charge in [0.15, 0.2) is 5.13 Å². The van der Waals surface area contributed by atoms with Crippen molar-refractivity contribution in [1.29, 1.82) is 0 Å². The summed E-state index contributed by atoms with van der Waals surface area (Å²) in [5, 5.41) is 5.57. The topological polar surface area (TPSA) is 76.9 Å². The Labute approximate surface area is 181 Å². The molecule has 0 fully saturated rings. The molecule has 3 aromatic heterocycles. The standard InChI is InChI=1S/C22H17ClN4O2S/c1-13-3-6-17(9-14(13)2)27-11-15(4-8-20(27)28)21(29)26-22-25-19(12-30-22)18-7-5-16(23)10-24-18/h3-12H,1-2H3,(H,25,26,29). The quantitative estimate of drug-likeness (QED) is 0.494. The number of thiazole rings is 1. The summed E-state index contributed by atoms with van der Waals surface area (Å²) in [6.07, 6.45) is 3.08. The molecule has 0 aliphatic heterocycles. The molecule has 0 saturated heterocycles. The predicted molar refractivity (Wildman–Crippen MR) is 120 cm³/mol. The summed E-state index contributed by atoms with van der Waals surface area (Å²) < 4.78 is 1.46. The zero-order valence-corrected chi connectivity index (χ0v) is 17.8. The molecule has 1 N–H and O–H groups in total. The fourth-order valence-electron chi connectivity index (χ4n) is 2.84. The van der Waals surface area contributed by atoms with E-state index in [0.717, 1.165) is 11.1 Å². The van der Waals surface area contributed by atoms with Crippen molar-refractivity contribution in [3.05, 3.63) is 92.3 Å². The summed E-state index contributed by atoms with van der Waals surface area (Å²) in [4.78, 5) is 33.7. The molecule has 1 amide bonds. The third-order valence-corrected chi connectivity index (χ3v) is 5.64. The lowest BCUT2D eigenvalue weighted by Gasteiger charge is -2.10. The second-order valence-electron chi connectivity index (χ2n) is 6.75. The number of aromatic nitrogens is 3. The minimum Gasteiger partial charge on any atom is -0.298 e. The fourth-order valence-corrected chi connectivity index (χ4v) is 3.66. The van der Waals surface area contributed by atoms with E-state index in [1.807, 2.05) is 37.4 Å². The average molecular weight is 437 g/mol. The van der Waals surface area contributed by atoms with E-state index < -0.39 is 0 Å². The lowest BCUT2D eigenvalue weighted by Crippen LogP contribution is -2.21. The molecule has 0 spiro atoms. The zero-order chi connectivity index (χ0) is 21.3. The van der Waals surface area contributed by atoms with Gasteiger partial charge in [-0.3, -0.25) is 24.5 Å². The van der Waals surface area contributed by atoms with Gasteiger partial charge in [0.05, 0.1) is 16.3 Å². The smallest absolute Gasteiger partial charge is 0.258 e. The van der Waals surface area contributed by atoms with Gasteiger partial charge in [0.1, 0.15) is 5.69 Å². The van der Waals surface area contributed by atoms with E-state index in [4.69, 9.17) is 11.6 Å². The zero-order valence-electron chi connectivity index (χ0n) is 16.2. The van der Waals surface area contributed by atoms with Gasteiger partial charge in [0.25, 0.3) is 11.5 Å². The first-order valence-electron chi connectivity index (χ1n) is 9.10. The van der Waals surface area contributed by atoms with Crippen LogP contribution < -0.4 is 10.9 Å². The molecule has 8 heteroatoms. The number of amides is 1. The number of nitrogens with one attached hydrogen (secondary N) is 1. The van der Waals surface area contributed by atoms with Crippen molar-refractivity contribution in [2.75, 3.05) is 5.32 Å². The summed E-state index contributed by atoms with van der Waals surface area (Å²) in [7, 11) is 0. The summed E-state index contributed by atoms with van der Waals surface area (Å²) in [5.74, 6) is -0.349. The summed E-state index contributed by atoms with van der Waals surface area (Å²) in [5.41, 5.74) is 4.37. The molecule has 0 atom stereocenters. The van der Waals surface area contributed by atoms with Crippen LogP contribution in [0.15, 0.2) is 65.0 Å². The van der Waals surface area contributed by atoms with Crippen LogP contribution in [-0.4, -0.2) is 20.4 Å². The number of benzene rings is 1. The van der Waals surface area contributed by atoms with E-state index in [2.05, 4.69) is 15.3 Å². The van der Waals surface area contributed by atoms with Crippen molar-refractivity contribution < 1.29 is 4.79 Å². The molecular formula is C22H17ClN4O2S. The molecule has 0 unspecified atom stereocenters. The first-order valence-corrected chi connectivity index (χ1v) is 10.4. The Morgan fingerprint density at radius 1 is 1.07 bits per heavy atom. The second kappa shape index (κ2) is 8.22. The number of carbonyl (C=O) groups excluding carboxylic acids is 1. The van der Waals surface area contributed by atoms with Gasteiger partial charge in [-0.2, -0.15) is 0 Å². The highest BCUT2D eigenvalue weighted by Gasteiger charge is 2.13. The Morgan fingerprint density at radius 2 is 1.90 bits per heavy atom. The lowest BCUT2D eigenvalue weighted by molar-refractivity contribution is 0.102. The minimum atomic E-state index is -0.349. The third-order valence-electron chi connectivity index (χ3n) is 4.66. The van der Waals surface area contributed by atoms with Crippen LogP contribution in [0.1, 0.15) is 21.5 Å². The van der Waals surface area contributed by atoms with E-state index in [-0.39, 0.29) is 11.5 Å². The van der Waals surface area contributed by atoms with E-state index in [9.17, 15) is 9.59 Å². The molecule has 6 nitrogen and oxygen atoms in total. The largest absolute Gasteiger partial charge is 0.298 e. The maximum Gasteiger partial charge on any atom is 0.258 e. The van der Waals surface area contributed by atoms with Gasteiger partial charge in [0.2, 0.25) is 0 Å². The van der Waals surface area contributed by atoms with E-state index >= 15 is 0 Å². The minimum absolute atomic E-state index is 0.208. The number of aryl methyl sites for hydroxylation is 2. The van der Waals surface area contributed by atoms with Crippen LogP contribution in [-0.2, 0) is 0 Å². The molecule has 0 aliphatic rings. The number of hydrogen-bond acceptors (Lipinski definition) is 5. The van der Waals surface area contributed by atoms with Crippen LogP contribution in [0, 0.1) is 13.8 Å². The number of carbonyl (C=O) groups is 1. The molecule has 0 radical (unpaired) electrons. The van der Waals surface area contributed by atoms with Crippen LogP contribution in [0.25, 0.3) is 17.1 Å². The molecule has 4 aromatic rings. The van der Waals surface area contributed by atoms with Crippen LogP contribution in [0.4, 0.5) is 5.13 Å². The van der Waals surface area contributed by atoms with Gasteiger partial charge in [-0.05, 0) is 55.3 Å². The Balaban J connectivity index is 1.58. The van der Waals surface area contributed by atoms with Crippen molar-refractivity contribution in [1.82, 2.24) is 14.5 Å².